The van der Waals surface area contributed by atoms with E-state index in [4.69, 9.17) is 9.31 Å². The molecule has 1 aliphatic rings. The van der Waals surface area contributed by atoms with Crippen molar-refractivity contribution in [2.45, 2.75) is 38.9 Å². The Morgan fingerprint density at radius 1 is 1.24 bits per heavy atom. The fourth-order valence-corrected chi connectivity index (χ4v) is 3.09. The predicted molar refractivity (Wildman–Crippen MR) is 103 cm³/mol. The Kier molecular flexibility index (Phi) is 4.51. The normalized spacial score (nSPS) is 19.6. The van der Waals surface area contributed by atoms with Crippen molar-refractivity contribution in [3.63, 3.8) is 0 Å². The number of benzene rings is 1. The van der Waals surface area contributed by atoms with E-state index in [1.54, 1.807) is 0 Å². The molecule has 0 saturated carbocycles. The molecule has 1 aliphatic heterocycles. The molecule has 0 spiro atoms. The van der Waals surface area contributed by atoms with Crippen molar-refractivity contribution in [1.82, 2.24) is 4.98 Å². The largest absolute Gasteiger partial charge is 0.491 e. The van der Waals surface area contributed by atoms with Crippen LogP contribution in [0.5, 0.6) is 0 Å². The molecule has 0 unspecified atom stereocenters. The Bertz CT molecular complexity index is 840. The summed E-state index contributed by atoms with van der Waals surface area (Å²) in [6.45, 7) is 7.93. The summed E-state index contributed by atoms with van der Waals surface area (Å²) in [4.78, 5) is 14.6. The van der Waals surface area contributed by atoms with Gasteiger partial charge in [0.2, 0.25) is 0 Å². The number of hydrogen-bond acceptors (Lipinski definition) is 4. The molecule has 5 nitrogen and oxygen atoms in total. The molecule has 2 N–H and O–H groups in total. The smallest absolute Gasteiger partial charge is 0.477 e. The summed E-state index contributed by atoms with van der Waals surface area (Å²) < 4.78 is 12.2. The van der Waals surface area contributed by atoms with Gasteiger partial charge in [0.15, 0.2) is 0 Å². The van der Waals surface area contributed by atoms with Crippen molar-refractivity contribution < 1.29 is 19.2 Å². The topological polar surface area (TPSA) is 71.5 Å². The van der Waals surface area contributed by atoms with Crippen LogP contribution >= 0.6 is 12.6 Å². The molecule has 2 aromatic rings. The van der Waals surface area contributed by atoms with Crippen LogP contribution in [0.15, 0.2) is 29.7 Å². The van der Waals surface area contributed by atoms with E-state index < -0.39 is 24.3 Å². The van der Waals surface area contributed by atoms with Crippen LogP contribution in [0, 0.1) is 0 Å². The first-order valence-electron chi connectivity index (χ1n) is 8.17. The van der Waals surface area contributed by atoms with Crippen LogP contribution in [0.4, 0.5) is 0 Å². The van der Waals surface area contributed by atoms with E-state index in [1.165, 1.54) is 0 Å². The van der Waals surface area contributed by atoms with Gasteiger partial charge in [0.25, 0.3) is 0 Å². The quantitative estimate of drug-likeness (QED) is 0.573. The number of aromatic amines is 1. The number of carboxylic acids is 1. The standard InChI is InChI=1S/C18H22BNO4S/c1-17(2)18(3,4)24-19(23-17)11(10-25)9-13-12-7-5-6-8-14(12)20-15(13)16(21)22/h5-9,20,25H,10H2,1-4H3,(H,21,22). The Balaban J connectivity index is 2.08. The van der Waals surface area contributed by atoms with Crippen LogP contribution in [-0.2, 0) is 9.31 Å². The molecule has 2 heterocycles. The van der Waals surface area contributed by atoms with Crippen molar-refractivity contribution >= 4 is 42.7 Å². The predicted octanol–water partition coefficient (Wildman–Crippen LogP) is 3.81. The third kappa shape index (κ3) is 3.12. The summed E-state index contributed by atoms with van der Waals surface area (Å²) in [7, 11) is -0.558. The Labute approximate surface area is 153 Å². The third-order valence-corrected chi connectivity index (χ3v) is 5.39. The number of carboxylic acid groups (broad SMARTS) is 1. The molecule has 1 aromatic heterocycles. The van der Waals surface area contributed by atoms with Gasteiger partial charge in [-0.2, -0.15) is 12.6 Å². The highest BCUT2D eigenvalue weighted by atomic mass is 32.1. The summed E-state index contributed by atoms with van der Waals surface area (Å²) in [6.07, 6.45) is 1.82. The van der Waals surface area contributed by atoms with Gasteiger partial charge in [0, 0.05) is 22.2 Å². The minimum atomic E-state index is -1.00. The summed E-state index contributed by atoms with van der Waals surface area (Å²) in [6, 6.07) is 7.50. The van der Waals surface area contributed by atoms with Gasteiger partial charge in [0.05, 0.1) is 11.2 Å². The van der Waals surface area contributed by atoms with Gasteiger partial charge in [0.1, 0.15) is 5.69 Å². The molecule has 1 saturated heterocycles. The number of thiol groups is 1. The lowest BCUT2D eigenvalue weighted by atomic mass is 9.78. The highest BCUT2D eigenvalue weighted by Gasteiger charge is 2.52. The molecule has 0 atom stereocenters. The highest BCUT2D eigenvalue weighted by Crippen LogP contribution is 2.39. The molecular weight excluding hydrogens is 337 g/mol. The van der Waals surface area contributed by atoms with E-state index in [2.05, 4.69) is 17.6 Å². The fraction of sp³-hybridized carbons (Fsp3) is 0.389. The van der Waals surface area contributed by atoms with Crippen LogP contribution in [0.3, 0.4) is 0 Å². The fourth-order valence-electron chi connectivity index (χ4n) is 2.85. The summed E-state index contributed by atoms with van der Waals surface area (Å²) in [5.41, 5.74) is 1.40. The minimum Gasteiger partial charge on any atom is -0.477 e. The molecule has 132 valence electrons. The zero-order chi connectivity index (χ0) is 18.4. The van der Waals surface area contributed by atoms with Crippen molar-refractivity contribution in [2.75, 3.05) is 5.75 Å². The number of fused-ring (bicyclic) bond motifs is 1. The molecule has 0 amide bonds. The first-order valence-corrected chi connectivity index (χ1v) is 8.80. The van der Waals surface area contributed by atoms with E-state index in [0.717, 1.165) is 16.4 Å². The highest BCUT2D eigenvalue weighted by molar-refractivity contribution is 7.80. The molecule has 0 bridgehead atoms. The summed E-state index contributed by atoms with van der Waals surface area (Å²) in [5.74, 6) is -0.607. The minimum absolute atomic E-state index is 0.150. The van der Waals surface area contributed by atoms with Crippen LogP contribution in [0.1, 0.15) is 43.7 Å². The molecule has 1 aromatic carbocycles. The first-order chi connectivity index (χ1) is 11.7. The zero-order valence-corrected chi connectivity index (χ0v) is 15.7. The van der Waals surface area contributed by atoms with Crippen LogP contribution < -0.4 is 0 Å². The maximum Gasteiger partial charge on any atom is 0.491 e. The van der Waals surface area contributed by atoms with Gasteiger partial charge in [-0.1, -0.05) is 24.3 Å². The van der Waals surface area contributed by atoms with E-state index in [0.29, 0.717) is 11.3 Å². The maximum absolute atomic E-state index is 11.6. The number of rotatable bonds is 4. The average Bonchev–Trinajstić information content (AvgIpc) is 2.99. The van der Waals surface area contributed by atoms with E-state index in [9.17, 15) is 9.90 Å². The van der Waals surface area contributed by atoms with Crippen molar-refractivity contribution in [3.05, 3.63) is 41.0 Å². The van der Waals surface area contributed by atoms with Crippen molar-refractivity contribution in [2.24, 2.45) is 0 Å². The molecule has 0 aliphatic carbocycles. The van der Waals surface area contributed by atoms with Gasteiger partial charge in [-0.3, -0.25) is 0 Å². The second kappa shape index (κ2) is 6.23. The van der Waals surface area contributed by atoms with Gasteiger partial charge < -0.3 is 19.4 Å². The number of H-pyrrole nitrogens is 1. The lowest BCUT2D eigenvalue weighted by Crippen LogP contribution is -2.41. The van der Waals surface area contributed by atoms with Crippen LogP contribution in [0.2, 0.25) is 0 Å². The van der Waals surface area contributed by atoms with Crippen molar-refractivity contribution in [3.8, 4) is 0 Å². The molecule has 3 rings (SSSR count). The maximum atomic E-state index is 11.6. The second-order valence-electron chi connectivity index (χ2n) is 7.23. The monoisotopic (exact) mass is 359 g/mol. The lowest BCUT2D eigenvalue weighted by Gasteiger charge is -2.32. The van der Waals surface area contributed by atoms with Crippen LogP contribution in [0.25, 0.3) is 17.0 Å². The molecule has 25 heavy (non-hydrogen) atoms. The summed E-state index contributed by atoms with van der Waals surface area (Å²) >= 11 is 4.41. The van der Waals surface area contributed by atoms with Gasteiger partial charge >= 0.3 is 13.1 Å². The van der Waals surface area contributed by atoms with Crippen molar-refractivity contribution in [1.29, 1.82) is 0 Å². The Morgan fingerprint density at radius 2 is 1.84 bits per heavy atom. The number of hydrogen-bond donors (Lipinski definition) is 3. The Morgan fingerprint density at radius 3 is 2.40 bits per heavy atom. The third-order valence-electron chi connectivity index (χ3n) is 5.03. The van der Waals surface area contributed by atoms with Gasteiger partial charge in [-0.25, -0.2) is 4.79 Å². The van der Waals surface area contributed by atoms with E-state index in [1.807, 2.05) is 58.0 Å². The average molecular weight is 359 g/mol. The molecule has 0 radical (unpaired) electrons. The molecule has 7 heteroatoms. The second-order valence-corrected chi connectivity index (χ2v) is 7.55. The SMILES string of the molecule is CC1(C)OB(C(=Cc2c(C(=O)O)[nH]c3ccccc23)CS)OC1(C)C. The number of aromatic nitrogens is 1. The van der Waals surface area contributed by atoms with Gasteiger partial charge in [-0.05, 0) is 39.2 Å². The Hall–Kier alpha value is -1.70. The molecule has 1 fully saturated rings. The van der Waals surface area contributed by atoms with E-state index >= 15 is 0 Å². The van der Waals surface area contributed by atoms with E-state index in [-0.39, 0.29) is 5.69 Å². The number of nitrogens with one attached hydrogen (secondary N) is 1. The van der Waals surface area contributed by atoms with Gasteiger partial charge in [-0.15, -0.1) is 0 Å². The number of carbonyl (C=O) groups is 1. The zero-order valence-electron chi connectivity index (χ0n) is 14.8. The first kappa shape index (κ1) is 18.1. The number of aromatic carboxylic acids is 1. The molecular formula is C18H22BNO4S. The van der Waals surface area contributed by atoms with Crippen LogP contribution in [-0.4, -0.2) is 40.1 Å². The lowest BCUT2D eigenvalue weighted by molar-refractivity contribution is 0.00578. The number of para-hydroxylation sites is 1. The summed E-state index contributed by atoms with van der Waals surface area (Å²) in [5, 5.41) is 10.4.